The van der Waals surface area contributed by atoms with E-state index in [-0.39, 0.29) is 31.6 Å². The van der Waals surface area contributed by atoms with Gasteiger partial charge >= 0.3 is 36.6 Å². The molecule has 1 aromatic carbocycles. The van der Waals surface area contributed by atoms with Crippen LogP contribution in [0, 0.1) is 0 Å². The van der Waals surface area contributed by atoms with Gasteiger partial charge in [-0.1, -0.05) is 25.7 Å². The van der Waals surface area contributed by atoms with Gasteiger partial charge in [0.1, 0.15) is 45.2 Å². The number of nitrogens with one attached hydrogen (secondary N) is 2. The number of alkyl carbamates (subject to hydrolysis) is 1. The summed E-state index contributed by atoms with van der Waals surface area (Å²) in [5.41, 5.74) is -4.33. The van der Waals surface area contributed by atoms with Crippen LogP contribution in [0.1, 0.15) is 194 Å². The van der Waals surface area contributed by atoms with Crippen LogP contribution in [0.2, 0.25) is 0 Å². The van der Waals surface area contributed by atoms with Crippen molar-refractivity contribution in [3.63, 3.8) is 0 Å². The summed E-state index contributed by atoms with van der Waals surface area (Å²) in [6.45, 7) is 32.8. The Labute approximate surface area is 452 Å². The number of carbonyl (C=O) groups excluding carboxylic acids is 6. The van der Waals surface area contributed by atoms with Crippen LogP contribution in [-0.2, 0) is 28.4 Å². The number of unbranched alkanes of at least 4 members (excludes halogenated alkanes) is 6. The third-order valence-electron chi connectivity index (χ3n) is 9.69. The zero-order valence-electron chi connectivity index (χ0n) is 49.1. The van der Waals surface area contributed by atoms with Gasteiger partial charge in [-0.05, 0) is 187 Å². The number of aliphatic imine (C=N–C) groups is 3. The fourth-order valence-corrected chi connectivity index (χ4v) is 6.77. The van der Waals surface area contributed by atoms with E-state index in [9.17, 15) is 28.8 Å². The quantitative estimate of drug-likeness (QED) is 0.0678. The molecule has 76 heavy (non-hydrogen) atoms. The average molecular weight is 1070 g/mol. The Kier molecular flexibility index (Phi) is 25.5. The molecule has 0 unspecified atom stereocenters. The maximum atomic E-state index is 14.2. The van der Waals surface area contributed by atoms with Gasteiger partial charge in [0.2, 0.25) is 11.9 Å². The maximum absolute atomic E-state index is 14.2. The van der Waals surface area contributed by atoms with Crippen molar-refractivity contribution >= 4 is 54.3 Å². The lowest BCUT2D eigenvalue weighted by Crippen LogP contribution is -2.53. The molecule has 0 saturated heterocycles. The standard InChI is InChI=1S/C55H92N8O13/c1-50(2,3)71-44(64)58-42(59-45(65)72-51(4,5)6)57-34-23-21-19-20-22-25-36-62(48(68)75-54(13,14)15)43(60-46(66)73-52(7,8)9)63(49(69)76-55(16,17)18)37-27-28-38-70-40-31-29-39(30-32-40)41-56-33-24-26-35-61(41)47(67)74-53(10,11)12/h29-32H,19-28,33-38H2,1-18H3,(H2,57,58,59,64,65)/b60-43+. The summed E-state index contributed by atoms with van der Waals surface area (Å²) < 4.78 is 39.7. The Balaban J connectivity index is 2.28. The minimum atomic E-state index is -1.02. The molecule has 0 aliphatic carbocycles. The summed E-state index contributed by atoms with van der Waals surface area (Å²) in [5, 5.41) is 5.48. The van der Waals surface area contributed by atoms with Gasteiger partial charge < -0.3 is 38.5 Å². The Morgan fingerprint density at radius 1 is 0.553 bits per heavy atom. The number of carbonyl (C=O) groups is 6. The van der Waals surface area contributed by atoms with E-state index in [1.165, 1.54) is 9.80 Å². The molecule has 0 radical (unpaired) electrons. The second-order valence-electron chi connectivity index (χ2n) is 24.4. The predicted molar refractivity (Wildman–Crippen MR) is 293 cm³/mol. The van der Waals surface area contributed by atoms with Crippen LogP contribution in [0.3, 0.4) is 0 Å². The summed E-state index contributed by atoms with van der Waals surface area (Å²) in [4.78, 5) is 96.9. The highest BCUT2D eigenvalue weighted by atomic mass is 16.6. The normalized spacial score (nSPS) is 14.1. The molecule has 1 aromatic rings. The molecule has 1 aliphatic heterocycles. The largest absolute Gasteiger partial charge is 0.494 e. The van der Waals surface area contributed by atoms with E-state index < -0.39 is 70.2 Å². The summed E-state index contributed by atoms with van der Waals surface area (Å²) in [6, 6.07) is 7.31. The second kappa shape index (κ2) is 29.4. The van der Waals surface area contributed by atoms with Crippen molar-refractivity contribution in [2.45, 2.75) is 222 Å². The number of nitrogens with zero attached hydrogens (tertiary/aromatic N) is 6. The van der Waals surface area contributed by atoms with Crippen molar-refractivity contribution in [2.75, 3.05) is 39.3 Å². The second-order valence-corrected chi connectivity index (χ2v) is 24.4. The van der Waals surface area contributed by atoms with E-state index in [2.05, 4.69) is 20.6 Å². The predicted octanol–water partition coefficient (Wildman–Crippen LogP) is 12.1. The average Bonchev–Trinajstić information content (AvgIpc) is 3.48. The molecule has 0 aromatic heterocycles. The van der Waals surface area contributed by atoms with Crippen molar-refractivity contribution in [2.24, 2.45) is 15.0 Å². The lowest BCUT2D eigenvalue weighted by atomic mass is 10.1. The smallest absolute Gasteiger partial charge is 0.437 e. The monoisotopic (exact) mass is 1070 g/mol. The first-order chi connectivity index (χ1) is 34.9. The summed E-state index contributed by atoms with van der Waals surface area (Å²) in [6.07, 6.45) is 1.73. The molecule has 21 heteroatoms. The fourth-order valence-electron chi connectivity index (χ4n) is 6.77. The first kappa shape index (κ1) is 66.0. The fraction of sp³-hybridized carbons (Fsp3) is 0.727. The van der Waals surface area contributed by atoms with Crippen molar-refractivity contribution < 1.29 is 61.9 Å². The van der Waals surface area contributed by atoms with E-state index in [1.807, 2.05) is 32.9 Å². The van der Waals surface area contributed by atoms with E-state index in [4.69, 9.17) is 38.2 Å². The van der Waals surface area contributed by atoms with Crippen LogP contribution >= 0.6 is 0 Å². The molecule has 1 heterocycles. The van der Waals surface area contributed by atoms with Gasteiger partial charge in [0.05, 0.1) is 6.61 Å². The van der Waals surface area contributed by atoms with Gasteiger partial charge in [-0.15, -0.1) is 9.98 Å². The number of benzene rings is 1. The summed E-state index contributed by atoms with van der Waals surface area (Å²) in [5.74, 6) is 0.729. The van der Waals surface area contributed by atoms with E-state index in [0.717, 1.165) is 37.7 Å². The van der Waals surface area contributed by atoms with Crippen LogP contribution in [0.15, 0.2) is 39.2 Å². The van der Waals surface area contributed by atoms with Crippen molar-refractivity contribution in [3.05, 3.63) is 29.8 Å². The van der Waals surface area contributed by atoms with Gasteiger partial charge in [0.15, 0.2) is 0 Å². The van der Waals surface area contributed by atoms with Crippen LogP contribution < -0.4 is 15.4 Å². The lowest BCUT2D eigenvalue weighted by Gasteiger charge is -2.34. The van der Waals surface area contributed by atoms with Gasteiger partial charge in [0, 0.05) is 38.3 Å². The van der Waals surface area contributed by atoms with Crippen LogP contribution in [-0.4, -0.2) is 142 Å². The van der Waals surface area contributed by atoms with E-state index in [1.54, 1.807) is 121 Å². The zero-order valence-corrected chi connectivity index (χ0v) is 49.1. The lowest BCUT2D eigenvalue weighted by molar-refractivity contribution is 0.0267. The van der Waals surface area contributed by atoms with Gasteiger partial charge in [-0.3, -0.25) is 15.2 Å². The molecule has 6 amide bonds. The minimum Gasteiger partial charge on any atom is -0.494 e. The molecule has 0 atom stereocenters. The molecule has 2 rings (SSSR count). The van der Waals surface area contributed by atoms with Crippen LogP contribution in [0.4, 0.5) is 28.8 Å². The number of amidine groups is 1. The molecule has 430 valence electrons. The highest BCUT2D eigenvalue weighted by molar-refractivity contribution is 6.07. The summed E-state index contributed by atoms with van der Waals surface area (Å²) in [7, 11) is 0. The first-order valence-electron chi connectivity index (χ1n) is 26.6. The first-order valence-corrected chi connectivity index (χ1v) is 26.6. The topological polar surface area (TPSA) is 238 Å². The Hall–Kier alpha value is -6.15. The highest BCUT2D eigenvalue weighted by Gasteiger charge is 2.36. The molecule has 2 N–H and O–H groups in total. The van der Waals surface area contributed by atoms with Crippen LogP contribution in [0.25, 0.3) is 0 Å². The summed E-state index contributed by atoms with van der Waals surface area (Å²) >= 11 is 0. The number of ether oxygens (including phenoxy) is 7. The Bertz CT molecular complexity index is 2150. The number of hydrogen-bond acceptors (Lipinski definition) is 14. The molecule has 1 aliphatic rings. The van der Waals surface area contributed by atoms with Gasteiger partial charge in [-0.2, -0.15) is 0 Å². The Morgan fingerprint density at radius 3 is 1.51 bits per heavy atom. The van der Waals surface area contributed by atoms with Crippen molar-refractivity contribution in [1.82, 2.24) is 25.3 Å². The number of amides is 6. The number of hydrogen-bond donors (Lipinski definition) is 2. The van der Waals surface area contributed by atoms with Gasteiger partial charge in [0.25, 0.3) is 0 Å². The Morgan fingerprint density at radius 2 is 1.01 bits per heavy atom. The maximum Gasteiger partial charge on any atom is 0.437 e. The number of guanidine groups is 2. The molecular formula is C55H92N8O13. The van der Waals surface area contributed by atoms with E-state index >= 15 is 0 Å². The van der Waals surface area contributed by atoms with Crippen molar-refractivity contribution in [1.29, 1.82) is 0 Å². The molecule has 21 nitrogen and oxygen atoms in total. The zero-order chi connectivity index (χ0) is 57.7. The SMILES string of the molecule is CC(C)(C)OC(=O)/N=C(\NCCCCCCCCN(C(=O)OC(C)(C)C)/C(=N\C(=O)OC(C)(C)C)N(CCCCOc1ccc(C2=NCCCCN2C(=O)OC(C)(C)C)cc1)C(=O)OC(C)(C)C)NC(=O)OC(C)(C)C. The third-order valence-corrected chi connectivity index (χ3v) is 9.69. The minimum absolute atomic E-state index is 0.0238. The molecule has 0 saturated carbocycles. The highest BCUT2D eigenvalue weighted by Crippen LogP contribution is 2.22. The number of rotatable bonds is 16. The van der Waals surface area contributed by atoms with Crippen molar-refractivity contribution in [3.8, 4) is 5.75 Å². The molecule has 0 spiro atoms. The molecular weight excluding hydrogens is 981 g/mol. The van der Waals surface area contributed by atoms with Gasteiger partial charge in [-0.25, -0.2) is 38.6 Å². The molecule has 0 bridgehead atoms. The van der Waals surface area contributed by atoms with Crippen LogP contribution in [0.5, 0.6) is 5.75 Å². The van der Waals surface area contributed by atoms with E-state index in [0.29, 0.717) is 63.3 Å². The third kappa shape index (κ3) is 29.2. The molecule has 0 fully saturated rings.